The van der Waals surface area contributed by atoms with Crippen LogP contribution in [0.4, 0.5) is 0 Å². The number of aliphatic hydroxyl groups is 1. The molecule has 6 nitrogen and oxygen atoms in total. The fourth-order valence-electron chi connectivity index (χ4n) is 3.91. The van der Waals surface area contributed by atoms with Gasteiger partial charge in [-0.15, -0.1) is 6.58 Å². The minimum atomic E-state index is -1.15. The molecule has 0 saturated heterocycles. The van der Waals surface area contributed by atoms with Crippen molar-refractivity contribution in [2.24, 2.45) is 10.9 Å². The molecule has 0 aromatic heterocycles. The molecule has 7 heteroatoms. The van der Waals surface area contributed by atoms with E-state index in [1.165, 1.54) is 0 Å². The van der Waals surface area contributed by atoms with Crippen LogP contribution in [0.1, 0.15) is 42.9 Å². The van der Waals surface area contributed by atoms with Crippen molar-refractivity contribution in [3.63, 3.8) is 0 Å². The molecule has 174 valence electrons. The monoisotopic (exact) mass is 512 g/mol. The summed E-state index contributed by atoms with van der Waals surface area (Å²) >= 11 is 3.62. The average molecular weight is 513 g/mol. The molecule has 1 heterocycles. The van der Waals surface area contributed by atoms with Gasteiger partial charge in [0.15, 0.2) is 11.6 Å². The summed E-state index contributed by atoms with van der Waals surface area (Å²) in [7, 11) is 0. The lowest BCUT2D eigenvalue weighted by Crippen LogP contribution is -2.48. The summed E-state index contributed by atoms with van der Waals surface area (Å²) in [6, 6.07) is 15.2. The molecular weight excluding hydrogens is 484 g/mol. The second-order valence-electron chi connectivity index (χ2n) is 8.46. The van der Waals surface area contributed by atoms with E-state index in [1.54, 1.807) is 6.08 Å². The van der Waals surface area contributed by atoms with E-state index in [4.69, 9.17) is 19.6 Å². The van der Waals surface area contributed by atoms with Crippen molar-refractivity contribution in [3.8, 4) is 5.75 Å². The van der Waals surface area contributed by atoms with Gasteiger partial charge in [0.05, 0.1) is 6.61 Å². The Bertz CT molecular complexity index is 1020. The highest BCUT2D eigenvalue weighted by molar-refractivity contribution is 9.10. The number of halogens is 1. The van der Waals surface area contributed by atoms with Gasteiger partial charge in [0.25, 0.3) is 5.91 Å². The Morgan fingerprint density at radius 1 is 1.27 bits per heavy atom. The molecule has 1 amide bonds. The zero-order valence-electron chi connectivity index (χ0n) is 18.5. The molecule has 0 radical (unpaired) electrons. The predicted octanol–water partition coefficient (Wildman–Crippen LogP) is 4.57. The number of ether oxygens (including phenoxy) is 2. The number of nitrogens with one attached hydrogen (secondary N) is 1. The van der Waals surface area contributed by atoms with Gasteiger partial charge in [-0.25, -0.2) is 4.99 Å². The number of benzene rings is 2. The van der Waals surface area contributed by atoms with Crippen molar-refractivity contribution in [3.05, 3.63) is 76.8 Å². The van der Waals surface area contributed by atoms with Crippen LogP contribution in [0.25, 0.3) is 0 Å². The van der Waals surface area contributed by atoms with E-state index < -0.39 is 11.6 Å². The summed E-state index contributed by atoms with van der Waals surface area (Å²) in [6.45, 7) is 5.10. The Morgan fingerprint density at radius 2 is 2.03 bits per heavy atom. The number of amides is 1. The lowest BCUT2D eigenvalue weighted by Gasteiger charge is -2.30. The largest absolute Gasteiger partial charge is 0.494 e. The molecule has 2 N–H and O–H groups in total. The zero-order valence-corrected chi connectivity index (χ0v) is 20.1. The molecule has 33 heavy (non-hydrogen) atoms. The smallest absolute Gasteiger partial charge is 0.252 e. The Morgan fingerprint density at radius 3 is 2.70 bits per heavy atom. The van der Waals surface area contributed by atoms with Gasteiger partial charge in [-0.1, -0.05) is 40.2 Å². The van der Waals surface area contributed by atoms with Gasteiger partial charge in [0.1, 0.15) is 5.75 Å². The molecule has 2 aliphatic rings. The van der Waals surface area contributed by atoms with Gasteiger partial charge < -0.3 is 19.9 Å². The van der Waals surface area contributed by atoms with E-state index in [0.29, 0.717) is 43.6 Å². The van der Waals surface area contributed by atoms with Crippen molar-refractivity contribution < 1.29 is 19.4 Å². The van der Waals surface area contributed by atoms with Crippen LogP contribution in [0, 0.1) is 5.92 Å². The SMILES string of the molecule is C=CC[C@@]1(C(=O)NCC2CC2)N=C(c2ccc(OCCCO)cc2)O[C@@H]1c1ccccc1Br. The van der Waals surface area contributed by atoms with Gasteiger partial charge in [0.2, 0.25) is 5.90 Å². The second kappa shape index (κ2) is 10.5. The topological polar surface area (TPSA) is 80.2 Å². The molecule has 1 fully saturated rings. The number of nitrogens with zero attached hydrogens (tertiary/aromatic N) is 1. The molecule has 2 aromatic rings. The first-order valence-electron chi connectivity index (χ1n) is 11.3. The van der Waals surface area contributed by atoms with E-state index >= 15 is 0 Å². The quantitative estimate of drug-likeness (QED) is 0.341. The number of aliphatic imine (C=N–C) groups is 1. The molecule has 0 bridgehead atoms. The highest BCUT2D eigenvalue weighted by Gasteiger charge is 2.53. The Hall–Kier alpha value is -2.64. The number of carbonyl (C=O) groups is 1. The third kappa shape index (κ3) is 5.31. The normalized spacial score (nSPS) is 21.8. The molecule has 0 unspecified atom stereocenters. The maximum absolute atomic E-state index is 13.6. The number of hydrogen-bond acceptors (Lipinski definition) is 5. The highest BCUT2D eigenvalue weighted by Crippen LogP contribution is 2.45. The van der Waals surface area contributed by atoms with Crippen LogP contribution < -0.4 is 10.1 Å². The van der Waals surface area contributed by atoms with E-state index in [0.717, 1.165) is 28.4 Å². The zero-order chi connectivity index (χ0) is 23.3. The molecule has 2 aromatic carbocycles. The van der Waals surface area contributed by atoms with Crippen LogP contribution in [-0.2, 0) is 9.53 Å². The molecular formula is C26H29BrN2O4. The van der Waals surface area contributed by atoms with Crippen LogP contribution in [0.3, 0.4) is 0 Å². The maximum atomic E-state index is 13.6. The van der Waals surface area contributed by atoms with E-state index in [9.17, 15) is 4.79 Å². The highest BCUT2D eigenvalue weighted by atomic mass is 79.9. The summed E-state index contributed by atoms with van der Waals surface area (Å²) in [5.41, 5.74) is 0.484. The van der Waals surface area contributed by atoms with Gasteiger partial charge in [-0.3, -0.25) is 4.79 Å². The number of hydrogen-bond donors (Lipinski definition) is 2. The van der Waals surface area contributed by atoms with Gasteiger partial charge in [-0.05, 0) is 49.1 Å². The molecule has 1 aliphatic carbocycles. The maximum Gasteiger partial charge on any atom is 0.252 e. The standard InChI is InChI=1S/C26H29BrN2O4/c1-2-14-26(25(31)28-17-18-8-9-18)23(21-6-3-4-7-22(21)27)33-24(29-26)19-10-12-20(13-11-19)32-16-5-15-30/h2-4,6-7,10-13,18,23,30H,1,5,8-9,14-17H2,(H,28,31)/t23-,26-/m1/s1. The van der Waals surface area contributed by atoms with E-state index in [1.807, 2.05) is 48.5 Å². The summed E-state index contributed by atoms with van der Waals surface area (Å²) in [5, 5.41) is 12.0. The third-order valence-corrected chi connectivity index (χ3v) is 6.64. The molecule has 0 spiro atoms. The van der Waals surface area contributed by atoms with Gasteiger partial charge >= 0.3 is 0 Å². The average Bonchev–Trinajstić information content (AvgIpc) is 3.58. The van der Waals surface area contributed by atoms with Crippen LogP contribution in [0.2, 0.25) is 0 Å². The molecule has 4 rings (SSSR count). The van der Waals surface area contributed by atoms with Gasteiger partial charge in [0, 0.05) is 41.6 Å². The minimum Gasteiger partial charge on any atom is -0.494 e. The molecule has 2 atom stereocenters. The number of carbonyl (C=O) groups excluding carboxylic acids is 1. The fourth-order valence-corrected chi connectivity index (χ4v) is 4.40. The molecule has 1 aliphatic heterocycles. The Kier molecular flexibility index (Phi) is 7.50. The number of rotatable bonds is 11. The minimum absolute atomic E-state index is 0.0906. The van der Waals surface area contributed by atoms with E-state index in [2.05, 4.69) is 27.8 Å². The van der Waals surface area contributed by atoms with Crippen molar-refractivity contribution in [1.29, 1.82) is 0 Å². The van der Waals surface area contributed by atoms with Crippen molar-refractivity contribution in [1.82, 2.24) is 5.32 Å². The van der Waals surface area contributed by atoms with E-state index in [-0.39, 0.29) is 12.5 Å². The van der Waals surface area contributed by atoms with Crippen LogP contribution in [-0.4, -0.2) is 42.2 Å². The lowest BCUT2D eigenvalue weighted by atomic mass is 9.84. The van der Waals surface area contributed by atoms with Crippen molar-refractivity contribution >= 4 is 27.7 Å². The molecule has 1 saturated carbocycles. The summed E-state index contributed by atoms with van der Waals surface area (Å²) in [5.74, 6) is 1.53. The number of aliphatic hydroxyl groups excluding tert-OH is 1. The lowest BCUT2D eigenvalue weighted by molar-refractivity contribution is -0.128. The Labute approximate surface area is 202 Å². The third-order valence-electron chi connectivity index (χ3n) is 5.92. The second-order valence-corrected chi connectivity index (χ2v) is 9.31. The van der Waals surface area contributed by atoms with Gasteiger partial charge in [-0.2, -0.15) is 0 Å². The van der Waals surface area contributed by atoms with Crippen LogP contribution in [0.5, 0.6) is 5.75 Å². The summed E-state index contributed by atoms with van der Waals surface area (Å²) in [6.07, 6.45) is 4.36. The first kappa shape index (κ1) is 23.5. The fraction of sp³-hybridized carbons (Fsp3) is 0.385. The Balaban J connectivity index is 1.66. The van der Waals surface area contributed by atoms with Crippen LogP contribution >= 0.6 is 15.9 Å². The van der Waals surface area contributed by atoms with Crippen molar-refractivity contribution in [2.75, 3.05) is 19.8 Å². The van der Waals surface area contributed by atoms with Crippen molar-refractivity contribution in [2.45, 2.75) is 37.3 Å². The van der Waals surface area contributed by atoms with Crippen LogP contribution in [0.15, 0.2) is 70.7 Å². The first-order chi connectivity index (χ1) is 16.1. The summed E-state index contributed by atoms with van der Waals surface area (Å²) < 4.78 is 12.9. The summed E-state index contributed by atoms with van der Waals surface area (Å²) in [4.78, 5) is 18.5. The predicted molar refractivity (Wildman–Crippen MR) is 131 cm³/mol. The first-order valence-corrected chi connectivity index (χ1v) is 12.1.